The molecule has 0 heterocycles. The molecule has 1 rings (SSSR count). The molecule has 27 heavy (non-hydrogen) atoms. The van der Waals surface area contributed by atoms with E-state index in [1.807, 2.05) is 30.3 Å². The highest BCUT2D eigenvalue weighted by Gasteiger charge is 2.26. The first-order valence-corrected chi connectivity index (χ1v) is 9.01. The van der Waals surface area contributed by atoms with Gasteiger partial charge in [-0.05, 0) is 12.5 Å². The van der Waals surface area contributed by atoms with Gasteiger partial charge in [0.1, 0.15) is 6.04 Å². The van der Waals surface area contributed by atoms with E-state index in [0.717, 1.165) is 5.56 Å². The average Bonchev–Trinajstić information content (AvgIpc) is 2.66. The monoisotopic (exact) mass is 382 g/mol. The largest absolute Gasteiger partial charge is 0.394 e. The van der Waals surface area contributed by atoms with Crippen LogP contribution in [0.4, 0.5) is 0 Å². The van der Waals surface area contributed by atoms with Crippen LogP contribution in [-0.2, 0) is 30.4 Å². The molecule has 0 radical (unpaired) electrons. The molecule has 0 aliphatic heterocycles. The van der Waals surface area contributed by atoms with Gasteiger partial charge in [-0.25, -0.2) is 0 Å². The van der Waals surface area contributed by atoms with E-state index in [1.165, 1.54) is 6.92 Å². The number of hydrogen-bond donors (Lipinski definition) is 3. The summed E-state index contributed by atoms with van der Waals surface area (Å²) in [6, 6.07) is 8.82. The number of benzene rings is 1. The Hall–Kier alpha value is -2.00. The van der Waals surface area contributed by atoms with E-state index < -0.39 is 12.1 Å². The quantitative estimate of drug-likeness (QED) is 0.398. The molecule has 0 fully saturated rings. The van der Waals surface area contributed by atoms with E-state index in [-0.39, 0.29) is 25.0 Å². The van der Waals surface area contributed by atoms with Crippen molar-refractivity contribution >= 4 is 11.8 Å². The Labute approximate surface area is 160 Å². The summed E-state index contributed by atoms with van der Waals surface area (Å²) in [4.78, 5) is 23.8. The molecule has 0 aliphatic carbocycles. The first-order valence-electron chi connectivity index (χ1n) is 9.01. The fourth-order valence-electron chi connectivity index (χ4n) is 2.26. The fourth-order valence-corrected chi connectivity index (χ4v) is 2.26. The molecule has 3 N–H and O–H groups in total. The third kappa shape index (κ3) is 10.7. The molecular weight excluding hydrogens is 352 g/mol. The molecule has 2 amide bonds. The van der Waals surface area contributed by atoms with Gasteiger partial charge in [0, 0.05) is 13.5 Å². The zero-order chi connectivity index (χ0) is 19.9. The van der Waals surface area contributed by atoms with Crippen molar-refractivity contribution in [3.05, 3.63) is 35.9 Å². The van der Waals surface area contributed by atoms with E-state index in [0.29, 0.717) is 33.0 Å². The zero-order valence-electron chi connectivity index (χ0n) is 16.0. The van der Waals surface area contributed by atoms with E-state index >= 15 is 0 Å². The minimum absolute atomic E-state index is 0.0227. The number of amides is 2. The predicted octanol–water partition coefficient (Wildman–Crippen LogP) is 0.238. The van der Waals surface area contributed by atoms with E-state index in [4.69, 9.17) is 19.3 Å². The summed E-state index contributed by atoms with van der Waals surface area (Å²) >= 11 is 0. The molecule has 0 aliphatic rings. The van der Waals surface area contributed by atoms with Crippen molar-refractivity contribution in [2.24, 2.45) is 0 Å². The highest BCUT2D eigenvalue weighted by molar-refractivity contribution is 5.87. The molecule has 0 bridgehead atoms. The van der Waals surface area contributed by atoms with Crippen LogP contribution < -0.4 is 10.6 Å². The average molecular weight is 382 g/mol. The van der Waals surface area contributed by atoms with Crippen molar-refractivity contribution in [3.8, 4) is 0 Å². The molecule has 1 aromatic rings. The maximum atomic E-state index is 12.4. The predicted molar refractivity (Wildman–Crippen MR) is 100 cm³/mol. The Kier molecular flexibility index (Phi) is 12.0. The first kappa shape index (κ1) is 23.0. The van der Waals surface area contributed by atoms with Crippen molar-refractivity contribution in [2.45, 2.75) is 32.6 Å². The smallest absolute Gasteiger partial charge is 0.245 e. The lowest BCUT2D eigenvalue weighted by Gasteiger charge is -2.24. The summed E-state index contributed by atoms with van der Waals surface area (Å²) in [6.07, 6.45) is -0.498. The molecule has 1 aromatic carbocycles. The minimum atomic E-state index is -0.793. The molecule has 152 valence electrons. The molecule has 0 saturated heterocycles. The second-order valence-corrected chi connectivity index (χ2v) is 5.92. The molecule has 0 spiro atoms. The molecular formula is C19H30N2O6. The van der Waals surface area contributed by atoms with E-state index in [9.17, 15) is 9.59 Å². The summed E-state index contributed by atoms with van der Waals surface area (Å²) in [6.45, 7) is 5.10. The molecule has 2 unspecified atom stereocenters. The van der Waals surface area contributed by atoms with E-state index in [1.54, 1.807) is 6.92 Å². The summed E-state index contributed by atoms with van der Waals surface area (Å²) in [5, 5.41) is 13.9. The van der Waals surface area contributed by atoms with Crippen molar-refractivity contribution in [1.82, 2.24) is 10.6 Å². The van der Waals surface area contributed by atoms with Crippen LogP contribution in [0, 0.1) is 0 Å². The normalized spacial score (nSPS) is 13.0. The summed E-state index contributed by atoms with van der Waals surface area (Å²) in [7, 11) is 0. The van der Waals surface area contributed by atoms with Crippen LogP contribution in [0.15, 0.2) is 30.3 Å². The van der Waals surface area contributed by atoms with Gasteiger partial charge in [-0.3, -0.25) is 9.59 Å². The van der Waals surface area contributed by atoms with Crippen LogP contribution >= 0.6 is 0 Å². The summed E-state index contributed by atoms with van der Waals surface area (Å²) in [5.41, 5.74) is 0.989. The number of hydrogen-bond acceptors (Lipinski definition) is 6. The number of aliphatic hydroxyl groups is 1. The van der Waals surface area contributed by atoms with Gasteiger partial charge in [-0.15, -0.1) is 0 Å². The number of nitrogens with one attached hydrogen (secondary N) is 2. The Morgan fingerprint density at radius 1 is 1.07 bits per heavy atom. The maximum Gasteiger partial charge on any atom is 0.245 e. The van der Waals surface area contributed by atoms with Crippen molar-refractivity contribution in [3.63, 3.8) is 0 Å². The van der Waals surface area contributed by atoms with Crippen LogP contribution in [-0.4, -0.2) is 68.6 Å². The Morgan fingerprint density at radius 2 is 1.74 bits per heavy atom. The van der Waals surface area contributed by atoms with Gasteiger partial charge in [0.2, 0.25) is 11.8 Å². The minimum Gasteiger partial charge on any atom is -0.394 e. The Balaban J connectivity index is 2.35. The van der Waals surface area contributed by atoms with Crippen LogP contribution in [0.2, 0.25) is 0 Å². The van der Waals surface area contributed by atoms with Gasteiger partial charge < -0.3 is 30.0 Å². The second-order valence-electron chi connectivity index (χ2n) is 5.92. The van der Waals surface area contributed by atoms with Crippen LogP contribution in [0.1, 0.15) is 19.4 Å². The van der Waals surface area contributed by atoms with Crippen molar-refractivity contribution in [2.75, 3.05) is 39.6 Å². The second kappa shape index (κ2) is 14.1. The molecule has 0 aromatic heterocycles. The van der Waals surface area contributed by atoms with Crippen molar-refractivity contribution < 1.29 is 28.9 Å². The third-order valence-corrected chi connectivity index (χ3v) is 3.62. The van der Waals surface area contributed by atoms with Gasteiger partial charge in [0.25, 0.3) is 0 Å². The molecule has 0 saturated carbocycles. The molecule has 8 nitrogen and oxygen atoms in total. The number of carbonyl (C=O) groups is 2. The van der Waals surface area contributed by atoms with Crippen LogP contribution in [0.3, 0.4) is 0 Å². The lowest BCUT2D eigenvalue weighted by molar-refractivity contribution is -0.132. The van der Waals surface area contributed by atoms with Crippen LogP contribution in [0.5, 0.6) is 0 Å². The Morgan fingerprint density at radius 3 is 2.37 bits per heavy atom. The molecule has 8 heteroatoms. The zero-order valence-corrected chi connectivity index (χ0v) is 16.0. The SMILES string of the molecule is CC(=O)NC(C(=O)NCCOCCOCCO)C(C)OCc1ccccc1. The lowest BCUT2D eigenvalue weighted by Crippen LogP contribution is -2.53. The summed E-state index contributed by atoms with van der Waals surface area (Å²) < 4.78 is 16.1. The van der Waals surface area contributed by atoms with Crippen LogP contribution in [0.25, 0.3) is 0 Å². The number of carbonyl (C=O) groups excluding carboxylic acids is 2. The highest BCUT2D eigenvalue weighted by Crippen LogP contribution is 2.06. The highest BCUT2D eigenvalue weighted by atomic mass is 16.5. The van der Waals surface area contributed by atoms with Gasteiger partial charge in [0.05, 0.1) is 45.7 Å². The standard InChI is InChI=1S/C19H30N2O6/c1-15(27-14-17-6-4-3-5-7-17)18(21-16(2)23)19(24)20-8-10-25-12-13-26-11-9-22/h3-7,15,18,22H,8-14H2,1-2H3,(H,20,24)(H,21,23). The Bertz CT molecular complexity index is 540. The number of aliphatic hydroxyl groups excluding tert-OH is 1. The summed E-state index contributed by atoms with van der Waals surface area (Å²) in [5.74, 6) is -0.631. The maximum absolute atomic E-state index is 12.4. The fraction of sp³-hybridized carbons (Fsp3) is 0.579. The molecule has 2 atom stereocenters. The van der Waals surface area contributed by atoms with Gasteiger partial charge >= 0.3 is 0 Å². The lowest BCUT2D eigenvalue weighted by atomic mass is 10.1. The van der Waals surface area contributed by atoms with Gasteiger partial charge in [0.15, 0.2) is 0 Å². The van der Waals surface area contributed by atoms with Crippen molar-refractivity contribution in [1.29, 1.82) is 0 Å². The number of ether oxygens (including phenoxy) is 3. The number of rotatable bonds is 14. The van der Waals surface area contributed by atoms with E-state index in [2.05, 4.69) is 10.6 Å². The first-order chi connectivity index (χ1) is 13.0. The third-order valence-electron chi connectivity index (χ3n) is 3.62. The van der Waals surface area contributed by atoms with Gasteiger partial charge in [-0.1, -0.05) is 30.3 Å². The topological polar surface area (TPSA) is 106 Å². The van der Waals surface area contributed by atoms with Gasteiger partial charge in [-0.2, -0.15) is 0 Å².